The van der Waals surface area contributed by atoms with E-state index >= 15 is 0 Å². The molecule has 0 bridgehead atoms. The number of carbonyl (C=O) groups excluding carboxylic acids is 3. The number of piperazine rings is 1. The van der Waals surface area contributed by atoms with Gasteiger partial charge >= 0.3 is 6.03 Å². The topological polar surface area (TPSA) is 158 Å². The highest BCUT2D eigenvalue weighted by Gasteiger charge is 2.30. The maximum absolute atomic E-state index is 14.8. The average Bonchev–Trinajstić information content (AvgIpc) is 3.60. The number of carbonyl (C=O) groups is 3. The monoisotopic (exact) mass is 522 g/mol. The van der Waals surface area contributed by atoms with Gasteiger partial charge in [0.25, 0.3) is 11.7 Å². The van der Waals surface area contributed by atoms with Gasteiger partial charge in [0.1, 0.15) is 11.6 Å². The normalized spacial score (nSPS) is 15.0. The van der Waals surface area contributed by atoms with Crippen LogP contribution in [-0.2, 0) is 4.79 Å². The Balaban J connectivity index is 1.54. The highest BCUT2D eigenvalue weighted by Crippen LogP contribution is 2.17. The largest absolute Gasteiger partial charge is 0.383 e. The number of para-hydroxylation sites is 1. The Bertz CT molecular complexity index is 1490. The maximum Gasteiger partial charge on any atom is 0.322 e. The number of urea groups is 1. The van der Waals surface area contributed by atoms with Gasteiger partial charge in [0, 0.05) is 46.5 Å². The molecule has 3 amide bonds. The third-order valence-electron chi connectivity index (χ3n) is 5.96. The van der Waals surface area contributed by atoms with Crippen LogP contribution in [0.2, 0.25) is 0 Å². The first-order valence-electron chi connectivity index (χ1n) is 11.6. The Morgan fingerprint density at radius 1 is 1.16 bits per heavy atom. The van der Waals surface area contributed by atoms with E-state index in [9.17, 15) is 18.8 Å². The van der Waals surface area contributed by atoms with E-state index in [0.717, 1.165) is 11.8 Å². The summed E-state index contributed by atoms with van der Waals surface area (Å²) in [6, 6.07) is 8.82. The Labute approximate surface area is 216 Å². The second-order valence-electron chi connectivity index (χ2n) is 8.58. The number of anilines is 1. The molecular formula is C24H27FN10O3. The van der Waals surface area contributed by atoms with Gasteiger partial charge in [-0.1, -0.05) is 29.9 Å². The standard InChI is InChI=1S/C24H27FN10O3/c1-4-17(25)18-16(14-27-19(18)21(26)28-24(38)32(2)3)20(36)22(37)33-10-12-34(13-11-33)23-29-30-31-35(23)15-8-6-5-7-9-15/h4-9,14,27H,1,10-13,26H2,2-3H3,(H,28,38)/b18-17+,21-19-. The van der Waals surface area contributed by atoms with Crippen molar-refractivity contribution >= 4 is 35.3 Å². The molecule has 0 spiro atoms. The van der Waals surface area contributed by atoms with Crippen LogP contribution in [0.5, 0.6) is 0 Å². The molecule has 0 unspecified atom stereocenters. The third-order valence-corrected chi connectivity index (χ3v) is 5.96. The summed E-state index contributed by atoms with van der Waals surface area (Å²) in [6.07, 6.45) is 2.08. The number of Topliss-reactive ketones (excluding diaryl/α,β-unsaturated/α-hetero) is 1. The van der Waals surface area contributed by atoms with E-state index in [2.05, 4.69) is 32.4 Å². The van der Waals surface area contributed by atoms with Crippen LogP contribution in [0.15, 0.2) is 49.2 Å². The number of amides is 3. The number of aromatic nitrogens is 5. The third kappa shape index (κ3) is 5.09. The molecule has 1 aliphatic rings. The van der Waals surface area contributed by atoms with Gasteiger partial charge in [0.05, 0.1) is 21.8 Å². The van der Waals surface area contributed by atoms with E-state index in [1.165, 1.54) is 30.1 Å². The molecule has 14 heteroatoms. The SMILES string of the molecule is C=C/C(F)=c1/c(C(=O)C(=O)N2CCN(c3nnnn3-c3ccccc3)CC2)c[nH]/c1=C(/N)NC(=O)N(C)C. The zero-order valence-electron chi connectivity index (χ0n) is 20.9. The minimum absolute atomic E-state index is 0.0497. The molecule has 3 heterocycles. The Morgan fingerprint density at radius 2 is 1.84 bits per heavy atom. The van der Waals surface area contributed by atoms with Crippen molar-refractivity contribution in [3.63, 3.8) is 0 Å². The fourth-order valence-corrected chi connectivity index (χ4v) is 3.94. The van der Waals surface area contributed by atoms with Gasteiger partial charge in [0.15, 0.2) is 0 Å². The van der Waals surface area contributed by atoms with E-state index in [1.54, 1.807) is 4.68 Å². The van der Waals surface area contributed by atoms with Gasteiger partial charge in [-0.15, -0.1) is 0 Å². The van der Waals surface area contributed by atoms with E-state index in [4.69, 9.17) is 5.73 Å². The number of halogens is 1. The summed E-state index contributed by atoms with van der Waals surface area (Å²) >= 11 is 0. The lowest BCUT2D eigenvalue weighted by molar-refractivity contribution is -0.126. The summed E-state index contributed by atoms with van der Waals surface area (Å²) in [4.78, 5) is 45.5. The van der Waals surface area contributed by atoms with Crippen molar-refractivity contribution in [2.45, 2.75) is 0 Å². The van der Waals surface area contributed by atoms with Crippen LogP contribution in [0, 0.1) is 0 Å². The van der Waals surface area contributed by atoms with Gasteiger partial charge in [-0.25, -0.2) is 9.18 Å². The number of benzene rings is 1. The predicted molar refractivity (Wildman–Crippen MR) is 137 cm³/mol. The minimum Gasteiger partial charge on any atom is -0.383 e. The first-order chi connectivity index (χ1) is 18.2. The number of hydrogen-bond acceptors (Lipinski definition) is 8. The molecule has 38 heavy (non-hydrogen) atoms. The molecule has 4 rings (SSSR count). The molecule has 1 fully saturated rings. The summed E-state index contributed by atoms with van der Waals surface area (Å²) in [5.74, 6) is -2.30. The molecule has 198 valence electrons. The summed E-state index contributed by atoms with van der Waals surface area (Å²) in [5, 5.41) is 14.0. The number of rotatable bonds is 6. The van der Waals surface area contributed by atoms with Gasteiger partial charge < -0.3 is 25.4 Å². The van der Waals surface area contributed by atoms with Gasteiger partial charge in [-0.2, -0.15) is 4.68 Å². The van der Waals surface area contributed by atoms with E-state index in [-0.39, 0.29) is 35.0 Å². The van der Waals surface area contributed by atoms with Crippen molar-refractivity contribution in [2.75, 3.05) is 45.2 Å². The second-order valence-corrected chi connectivity index (χ2v) is 8.58. The summed E-state index contributed by atoms with van der Waals surface area (Å²) in [7, 11) is 3.01. The highest BCUT2D eigenvalue weighted by molar-refractivity contribution is 6.42. The lowest BCUT2D eigenvalue weighted by Crippen LogP contribution is -2.51. The number of allylic oxidation sites excluding steroid dienone is 1. The molecule has 13 nitrogen and oxygen atoms in total. The van der Waals surface area contributed by atoms with Crippen LogP contribution in [0.1, 0.15) is 10.4 Å². The molecule has 0 atom stereocenters. The molecule has 0 saturated carbocycles. The zero-order chi connectivity index (χ0) is 27.4. The number of nitrogens with zero attached hydrogens (tertiary/aromatic N) is 7. The molecule has 2 aromatic heterocycles. The highest BCUT2D eigenvalue weighted by atomic mass is 19.1. The van der Waals surface area contributed by atoms with Crippen molar-refractivity contribution in [1.29, 1.82) is 0 Å². The maximum atomic E-state index is 14.8. The Morgan fingerprint density at radius 3 is 2.47 bits per heavy atom. The predicted octanol–water partition coefficient (Wildman–Crippen LogP) is -0.919. The fraction of sp³-hybridized carbons (Fsp3) is 0.250. The number of tetrazole rings is 1. The van der Waals surface area contributed by atoms with Crippen LogP contribution in [-0.4, -0.2) is 93.0 Å². The van der Waals surface area contributed by atoms with Crippen LogP contribution in [0.3, 0.4) is 0 Å². The van der Waals surface area contributed by atoms with Crippen LogP contribution < -0.4 is 26.5 Å². The second kappa shape index (κ2) is 10.9. The molecular weight excluding hydrogens is 495 g/mol. The van der Waals surface area contributed by atoms with Gasteiger partial charge in [0.2, 0.25) is 5.95 Å². The molecule has 1 saturated heterocycles. The van der Waals surface area contributed by atoms with Crippen molar-refractivity contribution in [1.82, 2.24) is 40.3 Å². The van der Waals surface area contributed by atoms with Crippen LogP contribution in [0.25, 0.3) is 17.3 Å². The van der Waals surface area contributed by atoms with Crippen molar-refractivity contribution < 1.29 is 18.8 Å². The van der Waals surface area contributed by atoms with E-state index in [0.29, 0.717) is 19.0 Å². The molecule has 4 N–H and O–H groups in total. The first kappa shape index (κ1) is 26.1. The smallest absolute Gasteiger partial charge is 0.322 e. The fourth-order valence-electron chi connectivity index (χ4n) is 3.94. The minimum atomic E-state index is -0.922. The molecule has 1 aromatic carbocycles. The molecule has 1 aliphatic heterocycles. The first-order valence-corrected chi connectivity index (χ1v) is 11.6. The van der Waals surface area contributed by atoms with Crippen molar-refractivity contribution in [3.05, 3.63) is 65.3 Å². The summed E-state index contributed by atoms with van der Waals surface area (Å²) in [6.45, 7) is 4.60. The summed E-state index contributed by atoms with van der Waals surface area (Å²) < 4.78 is 16.4. The lowest BCUT2D eigenvalue weighted by Gasteiger charge is -2.34. The number of H-pyrrole nitrogens is 1. The van der Waals surface area contributed by atoms with Gasteiger partial charge in [-0.3, -0.25) is 14.9 Å². The Kier molecular flexibility index (Phi) is 7.50. The number of aromatic amines is 1. The lowest BCUT2D eigenvalue weighted by atomic mass is 10.1. The Hall–Kier alpha value is -5.01. The van der Waals surface area contributed by atoms with E-state index < -0.39 is 23.5 Å². The number of nitrogens with two attached hydrogens (primary N) is 1. The van der Waals surface area contributed by atoms with Crippen LogP contribution >= 0.6 is 0 Å². The number of hydrogen-bond donors (Lipinski definition) is 3. The molecule has 0 aliphatic carbocycles. The molecule has 3 aromatic rings. The van der Waals surface area contributed by atoms with Gasteiger partial charge in [-0.05, 0) is 28.6 Å². The van der Waals surface area contributed by atoms with Crippen LogP contribution in [0.4, 0.5) is 15.1 Å². The number of nitrogens with one attached hydrogen (secondary N) is 2. The van der Waals surface area contributed by atoms with Crippen molar-refractivity contribution in [2.24, 2.45) is 5.73 Å². The van der Waals surface area contributed by atoms with E-state index in [1.807, 2.05) is 35.2 Å². The summed E-state index contributed by atoms with van der Waals surface area (Å²) in [5.41, 5.74) is 6.52. The van der Waals surface area contributed by atoms with Crippen molar-refractivity contribution in [3.8, 4) is 5.69 Å². The zero-order valence-corrected chi connectivity index (χ0v) is 20.9. The number of ketones is 1. The quantitative estimate of drug-likeness (QED) is 0.277. The average molecular weight is 523 g/mol. The molecule has 0 radical (unpaired) electrons.